The Balaban J connectivity index is 1.71. The Hall–Kier alpha value is -4.56. The zero-order valence-corrected chi connectivity index (χ0v) is 20.3. The van der Waals surface area contributed by atoms with Crippen molar-refractivity contribution < 1.29 is 18.4 Å². The number of nitrogen functional groups attached to an aromatic ring is 2. The Morgan fingerprint density at radius 2 is 1.97 bits per heavy atom. The molecule has 0 saturated carbocycles. The van der Waals surface area contributed by atoms with Crippen molar-refractivity contribution in [1.29, 1.82) is 5.26 Å². The van der Waals surface area contributed by atoms with Gasteiger partial charge in [-0.2, -0.15) is 5.26 Å². The highest BCUT2D eigenvalue weighted by Gasteiger charge is 2.35. The minimum absolute atomic E-state index is 0.000642. The molecule has 8 nitrogen and oxygen atoms in total. The molecule has 11 heteroatoms. The van der Waals surface area contributed by atoms with Gasteiger partial charge in [0.1, 0.15) is 28.5 Å². The summed E-state index contributed by atoms with van der Waals surface area (Å²) >= 11 is 0.856. The van der Waals surface area contributed by atoms with Crippen LogP contribution in [0.4, 0.5) is 19.6 Å². The van der Waals surface area contributed by atoms with Crippen molar-refractivity contribution in [3.05, 3.63) is 76.0 Å². The van der Waals surface area contributed by atoms with E-state index < -0.39 is 29.5 Å². The second-order valence-corrected chi connectivity index (χ2v) is 9.71. The number of carbonyl (C=O) groups excluding carboxylic acids is 2. The number of carbonyl (C=O) groups is 2. The first-order chi connectivity index (χ1) is 17.6. The molecule has 3 heterocycles. The van der Waals surface area contributed by atoms with Gasteiger partial charge in [0.15, 0.2) is 0 Å². The molecule has 5 rings (SSSR count). The number of nitrogens with two attached hydrogens (primary N) is 3. The van der Waals surface area contributed by atoms with E-state index in [0.29, 0.717) is 5.56 Å². The largest absolute Gasteiger partial charge is 0.389 e. The maximum absolute atomic E-state index is 15.8. The van der Waals surface area contributed by atoms with Crippen molar-refractivity contribution in [3.8, 4) is 17.2 Å². The molecule has 2 amide bonds. The van der Waals surface area contributed by atoms with Crippen molar-refractivity contribution in [2.24, 2.45) is 5.73 Å². The summed E-state index contributed by atoms with van der Waals surface area (Å²) in [6.07, 6.45) is 1.75. The maximum Gasteiger partial charge on any atom is 0.254 e. The van der Waals surface area contributed by atoms with E-state index in [0.717, 1.165) is 23.5 Å². The topological polar surface area (TPSA) is 152 Å². The monoisotopic (exact) mass is 518 g/mol. The van der Waals surface area contributed by atoms with Crippen LogP contribution in [0.25, 0.3) is 21.2 Å². The first-order valence-corrected chi connectivity index (χ1v) is 12.0. The van der Waals surface area contributed by atoms with Crippen LogP contribution in [0.3, 0.4) is 0 Å². The summed E-state index contributed by atoms with van der Waals surface area (Å²) in [5, 5.41) is 9.80. The summed E-state index contributed by atoms with van der Waals surface area (Å²) in [5.41, 5.74) is 18.3. The predicted octanol–water partition coefficient (Wildman–Crippen LogP) is 4.14. The third kappa shape index (κ3) is 3.65. The molecule has 1 aliphatic heterocycles. The lowest BCUT2D eigenvalue weighted by atomic mass is 9.85. The lowest BCUT2D eigenvalue weighted by Crippen LogP contribution is -2.40. The van der Waals surface area contributed by atoms with Crippen molar-refractivity contribution in [2.75, 3.05) is 18.0 Å². The average molecular weight is 519 g/mol. The quantitative estimate of drug-likeness (QED) is 0.369. The van der Waals surface area contributed by atoms with Gasteiger partial charge in [0.25, 0.3) is 5.91 Å². The van der Waals surface area contributed by atoms with Crippen LogP contribution in [-0.2, 0) is 6.42 Å². The summed E-state index contributed by atoms with van der Waals surface area (Å²) in [4.78, 5) is 31.8. The third-order valence-electron chi connectivity index (χ3n) is 6.72. The fraction of sp³-hybridized carbons (Fsp3) is 0.154. The van der Waals surface area contributed by atoms with E-state index in [4.69, 9.17) is 17.2 Å². The normalized spacial score (nSPS) is 13.9. The molecule has 0 saturated heterocycles. The molecule has 2 aromatic carbocycles. The van der Waals surface area contributed by atoms with Crippen molar-refractivity contribution in [1.82, 2.24) is 9.88 Å². The summed E-state index contributed by atoms with van der Waals surface area (Å²) in [5.74, 6) is -2.71. The van der Waals surface area contributed by atoms with Crippen molar-refractivity contribution in [3.63, 3.8) is 0 Å². The van der Waals surface area contributed by atoms with Gasteiger partial charge in [0.2, 0.25) is 5.91 Å². The number of thiophene rings is 1. The highest BCUT2D eigenvalue weighted by Crippen LogP contribution is 2.44. The van der Waals surface area contributed by atoms with Crippen LogP contribution in [0.5, 0.6) is 0 Å². The Kier molecular flexibility index (Phi) is 5.76. The average Bonchev–Trinajstić information content (AvgIpc) is 3.21. The molecule has 1 aliphatic rings. The second-order valence-electron chi connectivity index (χ2n) is 8.65. The zero-order valence-electron chi connectivity index (χ0n) is 19.5. The first kappa shape index (κ1) is 24.1. The standard InChI is InChI=1S/C26H20F2N6O2S/c1-11(12-3-2-7-33-23(12)30)34-8-6-13-15(26(34)36)9-18(28)20(21(13)24(31)35)14-4-5-17(27)22-19(14)16(10-29)25(32)37-22/h2-5,7,9,11H,6,8,32H2,1H3,(H2,30,33)(H2,31,35)/t11-/m1/s1. The summed E-state index contributed by atoms with van der Waals surface area (Å²) in [6.45, 7) is 2.00. The molecule has 6 N–H and O–H groups in total. The number of fused-ring (bicyclic) bond motifs is 2. The lowest BCUT2D eigenvalue weighted by Gasteiger charge is -2.35. The second kappa shape index (κ2) is 8.83. The maximum atomic E-state index is 15.8. The van der Waals surface area contributed by atoms with Gasteiger partial charge in [-0.15, -0.1) is 11.3 Å². The van der Waals surface area contributed by atoms with E-state index in [1.54, 1.807) is 25.3 Å². The van der Waals surface area contributed by atoms with Crippen molar-refractivity contribution >= 4 is 44.1 Å². The smallest absolute Gasteiger partial charge is 0.254 e. The number of aromatic nitrogens is 1. The molecule has 2 aromatic heterocycles. The molecule has 0 bridgehead atoms. The van der Waals surface area contributed by atoms with Crippen molar-refractivity contribution in [2.45, 2.75) is 19.4 Å². The number of nitriles is 1. The molecule has 37 heavy (non-hydrogen) atoms. The van der Waals surface area contributed by atoms with Crippen LogP contribution in [0.2, 0.25) is 0 Å². The molecular weight excluding hydrogens is 498 g/mol. The van der Waals surface area contributed by atoms with Crippen LogP contribution in [-0.4, -0.2) is 28.2 Å². The number of rotatable bonds is 4. The number of nitrogens with zero attached hydrogens (tertiary/aromatic N) is 3. The third-order valence-corrected chi connectivity index (χ3v) is 7.74. The van der Waals surface area contributed by atoms with Crippen LogP contribution < -0.4 is 17.2 Å². The lowest BCUT2D eigenvalue weighted by molar-refractivity contribution is 0.0672. The van der Waals surface area contributed by atoms with Crippen LogP contribution in [0.1, 0.15) is 50.4 Å². The number of primary amides is 1. The minimum Gasteiger partial charge on any atom is -0.389 e. The first-order valence-electron chi connectivity index (χ1n) is 11.2. The zero-order chi connectivity index (χ0) is 26.6. The van der Waals surface area contributed by atoms with Gasteiger partial charge < -0.3 is 22.1 Å². The fourth-order valence-electron chi connectivity index (χ4n) is 4.99. The number of hydrogen-bond donors (Lipinski definition) is 3. The Bertz CT molecular complexity index is 1680. The molecule has 0 radical (unpaired) electrons. The SMILES string of the molecule is C[C@H](c1cccnc1N)N1CCc2c(cc(F)c(-c3ccc(F)c4sc(N)c(C#N)c34)c2C(N)=O)C1=O. The van der Waals surface area contributed by atoms with Gasteiger partial charge in [-0.25, -0.2) is 13.8 Å². The summed E-state index contributed by atoms with van der Waals surface area (Å²) < 4.78 is 30.5. The minimum atomic E-state index is -0.948. The molecule has 0 unspecified atom stereocenters. The van der Waals surface area contributed by atoms with Gasteiger partial charge in [-0.05, 0) is 42.7 Å². The Labute approximate surface area is 213 Å². The van der Waals surface area contributed by atoms with E-state index >= 15 is 4.39 Å². The number of benzene rings is 2. The van der Waals surface area contributed by atoms with E-state index in [1.165, 1.54) is 11.0 Å². The van der Waals surface area contributed by atoms with E-state index in [2.05, 4.69) is 4.98 Å². The predicted molar refractivity (Wildman–Crippen MR) is 137 cm³/mol. The van der Waals surface area contributed by atoms with Gasteiger partial charge in [-0.1, -0.05) is 12.1 Å². The number of anilines is 2. The van der Waals surface area contributed by atoms with Crippen LogP contribution in [0.15, 0.2) is 36.5 Å². The van der Waals surface area contributed by atoms with Gasteiger partial charge in [0, 0.05) is 34.8 Å². The van der Waals surface area contributed by atoms with Crippen LogP contribution >= 0.6 is 11.3 Å². The van der Waals surface area contributed by atoms with E-state index in [-0.39, 0.29) is 67.3 Å². The van der Waals surface area contributed by atoms with Gasteiger partial charge >= 0.3 is 0 Å². The number of amides is 2. The van der Waals surface area contributed by atoms with Gasteiger partial charge in [0.05, 0.1) is 21.9 Å². The van der Waals surface area contributed by atoms with Gasteiger partial charge in [-0.3, -0.25) is 9.59 Å². The number of pyridine rings is 1. The fourth-order valence-corrected chi connectivity index (χ4v) is 5.94. The molecular formula is C26H20F2N6O2S. The van der Waals surface area contributed by atoms with E-state index in [1.807, 2.05) is 6.07 Å². The highest BCUT2D eigenvalue weighted by atomic mass is 32.1. The van der Waals surface area contributed by atoms with Crippen LogP contribution in [0, 0.1) is 23.0 Å². The molecule has 4 aromatic rings. The molecule has 186 valence electrons. The Morgan fingerprint density at radius 3 is 2.65 bits per heavy atom. The molecule has 0 spiro atoms. The number of halogens is 2. The summed E-state index contributed by atoms with van der Waals surface area (Å²) in [7, 11) is 0. The summed E-state index contributed by atoms with van der Waals surface area (Å²) in [6, 6.07) is 8.40. The Morgan fingerprint density at radius 1 is 1.22 bits per heavy atom. The molecule has 0 aliphatic carbocycles. The highest BCUT2D eigenvalue weighted by molar-refractivity contribution is 7.23. The number of hydrogen-bond acceptors (Lipinski definition) is 7. The van der Waals surface area contributed by atoms with E-state index in [9.17, 15) is 19.2 Å². The molecule has 1 atom stereocenters. The molecule has 0 fully saturated rings.